The zero-order valence-corrected chi connectivity index (χ0v) is 23.2. The summed E-state index contributed by atoms with van der Waals surface area (Å²) in [6.07, 6.45) is 6.91. The first-order valence-corrected chi connectivity index (χ1v) is 15.1. The molecule has 1 nitrogen and oxygen atoms in total. The number of rotatable bonds is 2. The van der Waals surface area contributed by atoms with Crippen LogP contribution in [-0.4, -0.2) is 4.98 Å². The Balaban J connectivity index is 1.31. The van der Waals surface area contributed by atoms with Crippen molar-refractivity contribution in [2.24, 2.45) is 0 Å². The fraction of sp³-hybridized carbons (Fsp3) is 0.0513. The molecule has 0 amide bonds. The molecule has 0 bridgehead atoms. The van der Waals surface area contributed by atoms with E-state index in [0.717, 1.165) is 28.9 Å². The highest BCUT2D eigenvalue weighted by atomic mass is 32.1. The Morgan fingerprint density at radius 3 is 2.02 bits per heavy atom. The molecule has 7 aromatic carbocycles. The fourth-order valence-electron chi connectivity index (χ4n) is 6.87. The minimum Gasteiger partial charge on any atom is -0.236 e. The highest BCUT2D eigenvalue weighted by Gasteiger charge is 2.20. The van der Waals surface area contributed by atoms with Crippen LogP contribution in [-0.2, 0) is 6.42 Å². The zero-order valence-electron chi connectivity index (χ0n) is 22.4. The molecule has 9 rings (SSSR count). The minimum atomic E-state index is 1.06. The number of nitrogens with zero attached hydrogens (tertiary/aromatic N) is 1. The van der Waals surface area contributed by atoms with Crippen molar-refractivity contribution >= 4 is 70.7 Å². The van der Waals surface area contributed by atoms with Crippen LogP contribution in [0, 0.1) is 0 Å². The molecule has 0 N–H and O–H groups in total. The Morgan fingerprint density at radius 2 is 1.20 bits per heavy atom. The molecular weight excluding hydrogens is 515 g/mol. The molecule has 0 spiro atoms. The van der Waals surface area contributed by atoms with E-state index in [-0.39, 0.29) is 0 Å². The monoisotopic (exact) mass is 539 g/mol. The lowest BCUT2D eigenvalue weighted by molar-refractivity contribution is 1.00. The number of hydrogen-bond donors (Lipinski definition) is 0. The van der Waals surface area contributed by atoms with Crippen LogP contribution in [0.3, 0.4) is 0 Å². The molecule has 1 aliphatic carbocycles. The van der Waals surface area contributed by atoms with Crippen molar-refractivity contribution in [1.29, 1.82) is 0 Å². The Kier molecular flexibility index (Phi) is 4.96. The smallest absolute Gasteiger partial charge is 0.124 e. The molecule has 41 heavy (non-hydrogen) atoms. The maximum absolute atomic E-state index is 4.87. The molecule has 8 aromatic rings. The lowest BCUT2D eigenvalue weighted by Crippen LogP contribution is -1.99. The Hall–Kier alpha value is -4.79. The largest absolute Gasteiger partial charge is 0.236 e. The van der Waals surface area contributed by atoms with Crippen LogP contribution in [0.2, 0.25) is 0 Å². The molecule has 0 saturated heterocycles. The van der Waals surface area contributed by atoms with E-state index in [0.29, 0.717) is 0 Å². The number of aryl methyl sites for hydroxylation is 1. The van der Waals surface area contributed by atoms with Crippen molar-refractivity contribution < 1.29 is 0 Å². The molecule has 1 aliphatic rings. The van der Waals surface area contributed by atoms with E-state index in [2.05, 4.69) is 127 Å². The van der Waals surface area contributed by atoms with Gasteiger partial charge in [-0.15, -0.1) is 11.3 Å². The number of thiazole rings is 1. The SMILES string of the molecule is C1=Cc2c(c3ccccc3c3c4cc(-c5ccc(-c6nc7ccccc7s6)cc5)ccc4c4ccccc4c23)CC1. The van der Waals surface area contributed by atoms with Crippen LogP contribution < -0.4 is 0 Å². The summed E-state index contributed by atoms with van der Waals surface area (Å²) < 4.78 is 1.23. The van der Waals surface area contributed by atoms with Gasteiger partial charge >= 0.3 is 0 Å². The molecule has 0 atom stereocenters. The van der Waals surface area contributed by atoms with Gasteiger partial charge in [-0.2, -0.15) is 0 Å². The average molecular weight is 540 g/mol. The summed E-state index contributed by atoms with van der Waals surface area (Å²) in [5.41, 5.74) is 7.57. The number of hydrogen-bond acceptors (Lipinski definition) is 2. The second-order valence-corrected chi connectivity index (χ2v) is 12.0. The van der Waals surface area contributed by atoms with Gasteiger partial charge in [0.15, 0.2) is 0 Å². The molecular formula is C39H25NS. The van der Waals surface area contributed by atoms with Gasteiger partial charge in [0.25, 0.3) is 0 Å². The van der Waals surface area contributed by atoms with Crippen molar-refractivity contribution in [3.8, 4) is 21.7 Å². The molecule has 0 aliphatic heterocycles. The molecule has 192 valence electrons. The zero-order chi connectivity index (χ0) is 26.9. The standard InChI is InChI=1S/C39H25NS/c1-4-12-31-27(9-1)28-10-2-6-14-33(28)38-34-23-26(21-22-30(34)29-11-3-5-13-32(29)37(31)38)24-17-19-25(20-18-24)39-40-35-15-7-8-16-36(35)41-39/h2-8,10-23H,1,9H2. The number of aromatic nitrogens is 1. The molecule has 2 heteroatoms. The lowest BCUT2D eigenvalue weighted by Gasteiger charge is -2.21. The molecule has 0 fully saturated rings. The van der Waals surface area contributed by atoms with Crippen LogP contribution in [0.25, 0.3) is 81.1 Å². The summed E-state index contributed by atoms with van der Waals surface area (Å²) >= 11 is 1.75. The van der Waals surface area contributed by atoms with Crippen LogP contribution in [0.15, 0.2) is 121 Å². The average Bonchev–Trinajstić information content (AvgIpc) is 3.49. The highest BCUT2D eigenvalue weighted by molar-refractivity contribution is 7.21. The van der Waals surface area contributed by atoms with Gasteiger partial charge < -0.3 is 0 Å². The second kappa shape index (κ2) is 8.86. The first kappa shape index (κ1) is 23.0. The number of para-hydroxylation sites is 1. The maximum atomic E-state index is 4.87. The molecule has 0 unspecified atom stereocenters. The molecule has 1 aromatic heterocycles. The van der Waals surface area contributed by atoms with E-state index in [4.69, 9.17) is 4.98 Å². The Labute approximate surface area is 242 Å². The third-order valence-corrected chi connectivity index (χ3v) is 9.83. The fourth-order valence-corrected chi connectivity index (χ4v) is 7.84. The summed E-state index contributed by atoms with van der Waals surface area (Å²) in [6, 6.07) is 42.3. The van der Waals surface area contributed by atoms with Crippen molar-refractivity contribution in [2.45, 2.75) is 12.8 Å². The lowest BCUT2D eigenvalue weighted by atomic mass is 9.82. The van der Waals surface area contributed by atoms with Gasteiger partial charge in [0.1, 0.15) is 5.01 Å². The molecule has 0 radical (unpaired) electrons. The third kappa shape index (κ3) is 3.44. The number of benzene rings is 7. The summed E-state index contributed by atoms with van der Waals surface area (Å²) in [6.45, 7) is 0. The quantitative estimate of drug-likeness (QED) is 0.199. The first-order chi connectivity index (χ1) is 20.3. The van der Waals surface area contributed by atoms with Gasteiger partial charge in [0, 0.05) is 5.56 Å². The summed E-state index contributed by atoms with van der Waals surface area (Å²) in [7, 11) is 0. The van der Waals surface area contributed by atoms with E-state index in [1.807, 2.05) is 0 Å². The summed E-state index contributed by atoms with van der Waals surface area (Å²) in [5.74, 6) is 0. The van der Waals surface area contributed by atoms with E-state index in [9.17, 15) is 0 Å². The van der Waals surface area contributed by atoms with E-state index in [1.54, 1.807) is 11.3 Å². The van der Waals surface area contributed by atoms with Crippen molar-refractivity contribution in [1.82, 2.24) is 4.98 Å². The third-order valence-electron chi connectivity index (χ3n) is 8.75. The maximum Gasteiger partial charge on any atom is 0.124 e. The number of fused-ring (bicyclic) bond motifs is 12. The van der Waals surface area contributed by atoms with E-state index in [1.165, 1.54) is 70.0 Å². The van der Waals surface area contributed by atoms with Crippen LogP contribution in [0.4, 0.5) is 0 Å². The predicted octanol–water partition coefficient (Wildman–Crippen LogP) is 11.2. The van der Waals surface area contributed by atoms with Crippen molar-refractivity contribution in [3.63, 3.8) is 0 Å². The van der Waals surface area contributed by atoms with E-state index >= 15 is 0 Å². The van der Waals surface area contributed by atoms with Crippen LogP contribution >= 0.6 is 11.3 Å². The van der Waals surface area contributed by atoms with Gasteiger partial charge in [-0.05, 0) is 96.4 Å². The van der Waals surface area contributed by atoms with Crippen molar-refractivity contribution in [2.75, 3.05) is 0 Å². The van der Waals surface area contributed by atoms with Gasteiger partial charge in [-0.25, -0.2) is 4.98 Å². The predicted molar refractivity (Wildman–Crippen MR) is 178 cm³/mol. The van der Waals surface area contributed by atoms with Gasteiger partial charge in [0.05, 0.1) is 10.2 Å². The van der Waals surface area contributed by atoms with Gasteiger partial charge in [0.2, 0.25) is 0 Å². The van der Waals surface area contributed by atoms with Crippen LogP contribution in [0.1, 0.15) is 17.5 Å². The van der Waals surface area contributed by atoms with Crippen molar-refractivity contribution in [3.05, 3.63) is 132 Å². The Bertz CT molecular complexity index is 2320. The minimum absolute atomic E-state index is 1.06. The Morgan fingerprint density at radius 1 is 0.537 bits per heavy atom. The second-order valence-electron chi connectivity index (χ2n) is 11.0. The van der Waals surface area contributed by atoms with Gasteiger partial charge in [-0.3, -0.25) is 0 Å². The summed E-state index contributed by atoms with van der Waals surface area (Å²) in [4.78, 5) is 4.87. The van der Waals surface area contributed by atoms with Crippen LogP contribution in [0.5, 0.6) is 0 Å². The summed E-state index contributed by atoms with van der Waals surface area (Å²) in [5, 5.41) is 11.9. The highest BCUT2D eigenvalue weighted by Crippen LogP contribution is 2.45. The molecule has 0 saturated carbocycles. The topological polar surface area (TPSA) is 12.9 Å². The first-order valence-electron chi connectivity index (χ1n) is 14.3. The van der Waals surface area contributed by atoms with Gasteiger partial charge in [-0.1, -0.05) is 109 Å². The van der Waals surface area contributed by atoms with E-state index < -0.39 is 0 Å². The normalized spacial score (nSPS) is 13.1. The molecule has 1 heterocycles. The number of allylic oxidation sites excluding steroid dienone is 1.